The first-order valence-corrected chi connectivity index (χ1v) is 6.68. The van der Waals surface area contributed by atoms with Crippen LogP contribution < -0.4 is 9.47 Å². The number of nitrogens with zero attached hydrogens (tertiary/aromatic N) is 1. The third-order valence-corrected chi connectivity index (χ3v) is 2.85. The minimum Gasteiger partial charge on any atom is -0.494 e. The van der Waals surface area contributed by atoms with Crippen molar-refractivity contribution >= 4 is 15.9 Å². The summed E-state index contributed by atoms with van der Waals surface area (Å²) in [4.78, 5) is 4.14. The third kappa shape index (κ3) is 3.68. The number of hydrogen-bond donors (Lipinski definition) is 1. The van der Waals surface area contributed by atoms with Crippen molar-refractivity contribution in [3.05, 3.63) is 46.6 Å². The molecule has 0 saturated carbocycles. The highest BCUT2D eigenvalue weighted by Gasteiger charge is 2.07. The van der Waals surface area contributed by atoms with Crippen LogP contribution in [0.5, 0.6) is 17.4 Å². The van der Waals surface area contributed by atoms with Crippen LogP contribution in [0.3, 0.4) is 0 Å². The van der Waals surface area contributed by atoms with E-state index in [9.17, 15) is 5.11 Å². The molecule has 100 valence electrons. The van der Waals surface area contributed by atoms with Crippen molar-refractivity contribution in [1.29, 1.82) is 0 Å². The molecule has 1 N–H and O–H groups in total. The number of pyridine rings is 1. The van der Waals surface area contributed by atoms with Crippen molar-refractivity contribution in [2.75, 3.05) is 6.61 Å². The summed E-state index contributed by atoms with van der Waals surface area (Å²) < 4.78 is 11.8. The Labute approximate surface area is 120 Å². The van der Waals surface area contributed by atoms with Gasteiger partial charge in [0.1, 0.15) is 11.5 Å². The summed E-state index contributed by atoms with van der Waals surface area (Å²) >= 11 is 3.30. The molecule has 5 heteroatoms. The van der Waals surface area contributed by atoms with Gasteiger partial charge in [0.15, 0.2) is 0 Å². The van der Waals surface area contributed by atoms with E-state index in [1.54, 1.807) is 24.4 Å². The van der Waals surface area contributed by atoms with Crippen LogP contribution in [0.25, 0.3) is 0 Å². The number of aliphatic hydroxyl groups is 1. The molecule has 0 bridgehead atoms. The molecule has 19 heavy (non-hydrogen) atoms. The Hall–Kier alpha value is -1.59. The van der Waals surface area contributed by atoms with Crippen LogP contribution >= 0.6 is 15.9 Å². The van der Waals surface area contributed by atoms with E-state index in [2.05, 4.69) is 20.9 Å². The van der Waals surface area contributed by atoms with Crippen molar-refractivity contribution in [3.63, 3.8) is 0 Å². The van der Waals surface area contributed by atoms with E-state index in [0.29, 0.717) is 23.8 Å². The number of benzene rings is 1. The standard InChI is InChI=1S/C14H14BrNO3/c1-2-18-12-3-5-13(6-4-12)19-14-10(9-17)7-11(15)8-16-14/h3-8,17H,2,9H2,1H3. The average Bonchev–Trinajstić information content (AvgIpc) is 2.43. The van der Waals surface area contributed by atoms with Gasteiger partial charge in [-0.3, -0.25) is 0 Å². The maximum atomic E-state index is 9.27. The lowest BCUT2D eigenvalue weighted by molar-refractivity contribution is 0.275. The van der Waals surface area contributed by atoms with Gasteiger partial charge in [0.25, 0.3) is 0 Å². The van der Waals surface area contributed by atoms with Gasteiger partial charge in [-0.05, 0) is 53.2 Å². The summed E-state index contributed by atoms with van der Waals surface area (Å²) in [6, 6.07) is 9.04. The zero-order valence-corrected chi connectivity index (χ0v) is 12.1. The van der Waals surface area contributed by atoms with E-state index in [1.165, 1.54) is 0 Å². The molecule has 4 nitrogen and oxygen atoms in total. The number of halogens is 1. The molecule has 0 saturated heterocycles. The highest BCUT2D eigenvalue weighted by molar-refractivity contribution is 9.10. The van der Waals surface area contributed by atoms with Crippen LogP contribution in [0.15, 0.2) is 41.0 Å². The van der Waals surface area contributed by atoms with Gasteiger partial charge in [-0.2, -0.15) is 0 Å². The summed E-state index contributed by atoms with van der Waals surface area (Å²) in [6.45, 7) is 2.44. The van der Waals surface area contributed by atoms with Gasteiger partial charge in [0.05, 0.1) is 13.2 Å². The van der Waals surface area contributed by atoms with E-state index in [4.69, 9.17) is 9.47 Å². The lowest BCUT2D eigenvalue weighted by Gasteiger charge is -2.09. The maximum absolute atomic E-state index is 9.27. The Morgan fingerprint density at radius 3 is 2.53 bits per heavy atom. The van der Waals surface area contributed by atoms with Gasteiger partial charge in [0.2, 0.25) is 5.88 Å². The molecule has 0 atom stereocenters. The zero-order chi connectivity index (χ0) is 13.7. The highest BCUT2D eigenvalue weighted by Crippen LogP contribution is 2.26. The van der Waals surface area contributed by atoms with Gasteiger partial charge in [0, 0.05) is 16.2 Å². The number of hydrogen-bond acceptors (Lipinski definition) is 4. The van der Waals surface area contributed by atoms with E-state index in [0.717, 1.165) is 10.2 Å². The molecule has 0 aliphatic rings. The quantitative estimate of drug-likeness (QED) is 0.914. The smallest absolute Gasteiger partial charge is 0.224 e. The number of aliphatic hydroxyl groups excluding tert-OH is 1. The van der Waals surface area contributed by atoms with Crippen LogP contribution in [-0.2, 0) is 6.61 Å². The lowest BCUT2D eigenvalue weighted by atomic mass is 10.3. The summed E-state index contributed by atoms with van der Waals surface area (Å²) in [5.41, 5.74) is 0.628. The Morgan fingerprint density at radius 2 is 1.89 bits per heavy atom. The second kappa shape index (κ2) is 6.54. The van der Waals surface area contributed by atoms with Crippen molar-refractivity contribution in [1.82, 2.24) is 4.98 Å². The second-order valence-electron chi connectivity index (χ2n) is 3.78. The molecule has 0 spiro atoms. The molecule has 0 amide bonds. The fourth-order valence-corrected chi connectivity index (χ4v) is 1.93. The summed E-state index contributed by atoms with van der Waals surface area (Å²) in [6.07, 6.45) is 1.63. The second-order valence-corrected chi connectivity index (χ2v) is 4.70. The van der Waals surface area contributed by atoms with Crippen molar-refractivity contribution in [3.8, 4) is 17.4 Å². The first-order valence-electron chi connectivity index (χ1n) is 5.89. The Balaban J connectivity index is 2.16. The van der Waals surface area contributed by atoms with Crippen molar-refractivity contribution in [2.45, 2.75) is 13.5 Å². The third-order valence-electron chi connectivity index (χ3n) is 2.41. The lowest BCUT2D eigenvalue weighted by Crippen LogP contribution is -1.95. The van der Waals surface area contributed by atoms with Crippen LogP contribution in [0.2, 0.25) is 0 Å². The minimum absolute atomic E-state index is 0.126. The zero-order valence-electron chi connectivity index (χ0n) is 10.5. The van der Waals surface area contributed by atoms with Gasteiger partial charge < -0.3 is 14.6 Å². The van der Waals surface area contributed by atoms with E-state index in [1.807, 2.05) is 19.1 Å². The van der Waals surface area contributed by atoms with Crippen molar-refractivity contribution in [2.24, 2.45) is 0 Å². The Bertz CT molecular complexity index is 543. The van der Waals surface area contributed by atoms with Gasteiger partial charge >= 0.3 is 0 Å². The molecule has 1 heterocycles. The SMILES string of the molecule is CCOc1ccc(Oc2ncc(Br)cc2CO)cc1. The summed E-state index contributed by atoms with van der Waals surface area (Å²) in [5, 5.41) is 9.27. The molecule has 0 unspecified atom stereocenters. The largest absolute Gasteiger partial charge is 0.494 e. The molecule has 2 aromatic rings. The van der Waals surface area contributed by atoms with E-state index in [-0.39, 0.29) is 6.61 Å². The van der Waals surface area contributed by atoms with Crippen LogP contribution in [0.1, 0.15) is 12.5 Å². The molecule has 0 radical (unpaired) electrons. The van der Waals surface area contributed by atoms with Crippen LogP contribution in [0, 0.1) is 0 Å². The van der Waals surface area contributed by atoms with E-state index < -0.39 is 0 Å². The van der Waals surface area contributed by atoms with Gasteiger partial charge in [-0.1, -0.05) is 0 Å². The molecule has 2 rings (SSSR count). The monoisotopic (exact) mass is 323 g/mol. The molecule has 0 aliphatic heterocycles. The van der Waals surface area contributed by atoms with Gasteiger partial charge in [-0.25, -0.2) is 4.98 Å². The number of rotatable bonds is 5. The predicted molar refractivity (Wildman–Crippen MR) is 75.5 cm³/mol. The number of aromatic nitrogens is 1. The average molecular weight is 324 g/mol. The van der Waals surface area contributed by atoms with Gasteiger partial charge in [-0.15, -0.1) is 0 Å². The van der Waals surface area contributed by atoms with Crippen LogP contribution in [-0.4, -0.2) is 16.7 Å². The molecule has 1 aromatic heterocycles. The first-order chi connectivity index (χ1) is 9.22. The molecule has 0 fully saturated rings. The van der Waals surface area contributed by atoms with Crippen molar-refractivity contribution < 1.29 is 14.6 Å². The molecular weight excluding hydrogens is 310 g/mol. The molecule has 1 aromatic carbocycles. The summed E-state index contributed by atoms with van der Waals surface area (Å²) in [5.74, 6) is 1.84. The molecule has 0 aliphatic carbocycles. The fraction of sp³-hybridized carbons (Fsp3) is 0.214. The Kier molecular flexibility index (Phi) is 4.76. The topological polar surface area (TPSA) is 51.6 Å². The predicted octanol–water partition coefficient (Wildman–Crippen LogP) is 3.53. The molecular formula is C14H14BrNO3. The highest BCUT2D eigenvalue weighted by atomic mass is 79.9. The Morgan fingerprint density at radius 1 is 1.21 bits per heavy atom. The first kappa shape index (κ1) is 13.8. The van der Waals surface area contributed by atoms with E-state index >= 15 is 0 Å². The maximum Gasteiger partial charge on any atom is 0.224 e. The minimum atomic E-state index is -0.126. The normalized spacial score (nSPS) is 10.3. The van der Waals surface area contributed by atoms with Crippen LogP contribution in [0.4, 0.5) is 0 Å². The fourth-order valence-electron chi connectivity index (χ4n) is 1.56. The number of ether oxygens (including phenoxy) is 2. The summed E-state index contributed by atoms with van der Waals surface area (Å²) in [7, 11) is 0.